The summed E-state index contributed by atoms with van der Waals surface area (Å²) >= 11 is 0. The average Bonchev–Trinajstić information content (AvgIpc) is 2.73. The molecule has 27 heavy (non-hydrogen) atoms. The molecule has 1 unspecified atom stereocenters. The molecule has 1 amide bonds. The number of nitrogens with zero attached hydrogens (tertiary/aromatic N) is 2. The lowest BCUT2D eigenvalue weighted by atomic mass is 9.94. The highest BCUT2D eigenvalue weighted by atomic mass is 16.5. The van der Waals surface area contributed by atoms with E-state index in [0.29, 0.717) is 22.8 Å². The van der Waals surface area contributed by atoms with Gasteiger partial charge in [-0.1, -0.05) is 12.1 Å². The molecule has 2 aromatic rings. The zero-order valence-corrected chi connectivity index (χ0v) is 15.4. The molecule has 7 heteroatoms. The number of ether oxygens (including phenoxy) is 1. The van der Waals surface area contributed by atoms with Gasteiger partial charge in [0.1, 0.15) is 5.82 Å². The molecule has 2 aliphatic heterocycles. The Morgan fingerprint density at radius 3 is 2.93 bits per heavy atom. The molecular formula is C20H26N4O3. The van der Waals surface area contributed by atoms with Gasteiger partial charge in [0.25, 0.3) is 5.56 Å². The van der Waals surface area contributed by atoms with Crippen LogP contribution in [0.1, 0.15) is 31.5 Å². The molecule has 0 bridgehead atoms. The lowest BCUT2D eigenvalue weighted by Crippen LogP contribution is -2.48. The van der Waals surface area contributed by atoms with Gasteiger partial charge < -0.3 is 15.0 Å². The number of carbonyl (C=O) groups is 1. The molecule has 0 spiro atoms. The standard InChI is InChI=1S/C20H26N4O3/c25-19(14-4-3-9-24(13-14)15-7-10-27-11-8-15)21-12-18-22-17-6-2-1-5-16(17)20(26)23-18/h1-2,5-6,14-15H,3-4,7-13H2,(H,21,25)(H,22,23,26). The van der Waals surface area contributed by atoms with E-state index >= 15 is 0 Å². The number of carbonyl (C=O) groups excluding carboxylic acids is 1. The van der Waals surface area contributed by atoms with Crippen molar-refractivity contribution in [1.29, 1.82) is 0 Å². The molecule has 2 aliphatic rings. The number of likely N-dealkylation sites (tertiary alicyclic amines) is 1. The molecule has 2 saturated heterocycles. The fourth-order valence-electron chi connectivity index (χ4n) is 4.14. The summed E-state index contributed by atoms with van der Waals surface area (Å²) in [7, 11) is 0. The number of aromatic amines is 1. The minimum absolute atomic E-state index is 0.00577. The maximum Gasteiger partial charge on any atom is 0.258 e. The highest BCUT2D eigenvalue weighted by Gasteiger charge is 2.30. The first-order valence-electron chi connectivity index (χ1n) is 9.78. The lowest BCUT2D eigenvalue weighted by Gasteiger charge is -2.39. The summed E-state index contributed by atoms with van der Waals surface area (Å²) in [6, 6.07) is 7.75. The molecule has 144 valence electrons. The van der Waals surface area contributed by atoms with E-state index in [0.717, 1.165) is 52.0 Å². The predicted molar refractivity (Wildman–Crippen MR) is 102 cm³/mol. The highest BCUT2D eigenvalue weighted by molar-refractivity contribution is 5.79. The predicted octanol–water partition coefficient (Wildman–Crippen LogP) is 1.43. The fraction of sp³-hybridized carbons (Fsp3) is 0.550. The van der Waals surface area contributed by atoms with Crippen LogP contribution in [0, 0.1) is 5.92 Å². The maximum atomic E-state index is 12.7. The van der Waals surface area contributed by atoms with Gasteiger partial charge in [-0.05, 0) is 44.4 Å². The summed E-state index contributed by atoms with van der Waals surface area (Å²) in [5.74, 6) is 0.528. The molecule has 3 heterocycles. The van der Waals surface area contributed by atoms with Gasteiger partial charge >= 0.3 is 0 Å². The molecule has 4 rings (SSSR count). The van der Waals surface area contributed by atoms with Crippen LogP contribution in [0.4, 0.5) is 0 Å². The Labute approximate surface area is 158 Å². The molecule has 0 saturated carbocycles. The number of nitrogens with one attached hydrogen (secondary N) is 2. The maximum absolute atomic E-state index is 12.7. The van der Waals surface area contributed by atoms with E-state index < -0.39 is 0 Å². The Kier molecular flexibility index (Phi) is 5.50. The van der Waals surface area contributed by atoms with Crippen LogP contribution in [0.2, 0.25) is 0 Å². The molecule has 7 nitrogen and oxygen atoms in total. The van der Waals surface area contributed by atoms with Gasteiger partial charge in [0, 0.05) is 25.8 Å². The second kappa shape index (κ2) is 8.19. The second-order valence-electron chi connectivity index (χ2n) is 7.43. The summed E-state index contributed by atoms with van der Waals surface area (Å²) in [4.78, 5) is 34.5. The first-order valence-corrected chi connectivity index (χ1v) is 9.78. The summed E-state index contributed by atoms with van der Waals surface area (Å²) < 4.78 is 5.45. The number of hydrogen-bond acceptors (Lipinski definition) is 5. The Morgan fingerprint density at radius 2 is 2.07 bits per heavy atom. The third-order valence-electron chi connectivity index (χ3n) is 5.62. The van der Waals surface area contributed by atoms with E-state index in [-0.39, 0.29) is 23.9 Å². The number of amides is 1. The van der Waals surface area contributed by atoms with Crippen molar-refractivity contribution < 1.29 is 9.53 Å². The minimum atomic E-state index is -0.173. The molecule has 2 fully saturated rings. The molecule has 0 radical (unpaired) electrons. The van der Waals surface area contributed by atoms with Crippen molar-refractivity contribution in [1.82, 2.24) is 20.2 Å². The van der Waals surface area contributed by atoms with Crippen molar-refractivity contribution >= 4 is 16.8 Å². The van der Waals surface area contributed by atoms with Crippen LogP contribution in [0.15, 0.2) is 29.1 Å². The van der Waals surface area contributed by atoms with Crippen LogP contribution in [0.3, 0.4) is 0 Å². The van der Waals surface area contributed by atoms with E-state index in [4.69, 9.17) is 4.74 Å². The average molecular weight is 370 g/mol. The van der Waals surface area contributed by atoms with Gasteiger partial charge in [0.15, 0.2) is 0 Å². The summed E-state index contributed by atoms with van der Waals surface area (Å²) in [6.45, 7) is 3.75. The van der Waals surface area contributed by atoms with Crippen LogP contribution in [0.5, 0.6) is 0 Å². The fourth-order valence-corrected chi connectivity index (χ4v) is 4.14. The van der Waals surface area contributed by atoms with Crippen LogP contribution in [-0.2, 0) is 16.1 Å². The van der Waals surface area contributed by atoms with Gasteiger partial charge in [-0.3, -0.25) is 14.5 Å². The van der Waals surface area contributed by atoms with Gasteiger partial charge in [-0.25, -0.2) is 4.98 Å². The van der Waals surface area contributed by atoms with E-state index in [1.165, 1.54) is 0 Å². The van der Waals surface area contributed by atoms with Crippen molar-refractivity contribution in [2.75, 3.05) is 26.3 Å². The summed E-state index contributed by atoms with van der Waals surface area (Å²) in [5, 5.41) is 3.52. The lowest BCUT2D eigenvalue weighted by molar-refractivity contribution is -0.127. The number of para-hydroxylation sites is 1. The molecular weight excluding hydrogens is 344 g/mol. The summed E-state index contributed by atoms with van der Waals surface area (Å²) in [5.41, 5.74) is 0.474. The minimum Gasteiger partial charge on any atom is -0.381 e. The number of aromatic nitrogens is 2. The first-order chi connectivity index (χ1) is 13.2. The quantitative estimate of drug-likeness (QED) is 0.850. The van der Waals surface area contributed by atoms with Crippen LogP contribution >= 0.6 is 0 Å². The monoisotopic (exact) mass is 370 g/mol. The topological polar surface area (TPSA) is 87.3 Å². The van der Waals surface area contributed by atoms with Gasteiger partial charge in [-0.2, -0.15) is 0 Å². The van der Waals surface area contributed by atoms with Crippen molar-refractivity contribution in [3.05, 3.63) is 40.4 Å². The van der Waals surface area contributed by atoms with Gasteiger partial charge in [-0.15, -0.1) is 0 Å². The zero-order chi connectivity index (χ0) is 18.6. The van der Waals surface area contributed by atoms with Crippen molar-refractivity contribution in [3.63, 3.8) is 0 Å². The highest BCUT2D eigenvalue weighted by Crippen LogP contribution is 2.23. The van der Waals surface area contributed by atoms with E-state index in [2.05, 4.69) is 20.2 Å². The SMILES string of the molecule is O=C(NCc1nc2ccccc2c(=O)[nH]1)C1CCCN(C2CCOCC2)C1. The van der Waals surface area contributed by atoms with Gasteiger partial charge in [0.2, 0.25) is 5.91 Å². The smallest absolute Gasteiger partial charge is 0.258 e. The third-order valence-corrected chi connectivity index (χ3v) is 5.62. The number of hydrogen-bond donors (Lipinski definition) is 2. The van der Waals surface area contributed by atoms with E-state index in [1.54, 1.807) is 6.07 Å². The van der Waals surface area contributed by atoms with Crippen molar-refractivity contribution in [2.45, 2.75) is 38.3 Å². The molecule has 1 aromatic carbocycles. The van der Waals surface area contributed by atoms with Crippen molar-refractivity contribution in [3.8, 4) is 0 Å². The number of benzene rings is 1. The largest absolute Gasteiger partial charge is 0.381 e. The van der Waals surface area contributed by atoms with Gasteiger partial charge in [0.05, 0.1) is 23.4 Å². The Bertz CT molecular complexity index is 860. The van der Waals surface area contributed by atoms with E-state index in [9.17, 15) is 9.59 Å². The van der Waals surface area contributed by atoms with Crippen LogP contribution in [-0.4, -0.2) is 53.1 Å². The Balaban J connectivity index is 1.37. The first kappa shape index (κ1) is 18.1. The molecule has 2 N–H and O–H groups in total. The van der Waals surface area contributed by atoms with E-state index in [1.807, 2.05) is 18.2 Å². The number of H-pyrrole nitrogens is 1. The molecule has 1 aromatic heterocycles. The van der Waals surface area contributed by atoms with Crippen molar-refractivity contribution in [2.24, 2.45) is 5.92 Å². The number of piperidine rings is 1. The molecule has 0 aliphatic carbocycles. The number of fused-ring (bicyclic) bond motifs is 1. The zero-order valence-electron chi connectivity index (χ0n) is 15.4. The Morgan fingerprint density at radius 1 is 1.26 bits per heavy atom. The second-order valence-corrected chi connectivity index (χ2v) is 7.43. The Hall–Kier alpha value is -2.25. The van der Waals surface area contributed by atoms with Crippen LogP contribution < -0.4 is 10.9 Å². The third kappa shape index (κ3) is 4.20. The van der Waals surface area contributed by atoms with Crippen LogP contribution in [0.25, 0.3) is 10.9 Å². The number of rotatable bonds is 4. The molecule has 1 atom stereocenters. The summed E-state index contributed by atoms with van der Waals surface area (Å²) in [6.07, 6.45) is 4.06. The normalized spacial score (nSPS) is 22.0.